The molecule has 0 unspecified atom stereocenters. The molecule has 0 radical (unpaired) electrons. The second kappa shape index (κ2) is 6.65. The Hall–Kier alpha value is -1.77. The monoisotopic (exact) mass is 205 g/mol. The van der Waals surface area contributed by atoms with Gasteiger partial charge in [-0.2, -0.15) is 0 Å². The van der Waals surface area contributed by atoms with Crippen molar-refractivity contribution in [3.8, 4) is 0 Å². The molecule has 0 heterocycles. The third-order valence-corrected chi connectivity index (χ3v) is 1.75. The number of hydrogen-bond donors (Lipinski definition) is 1. The molecule has 3 nitrogen and oxygen atoms in total. The summed E-state index contributed by atoms with van der Waals surface area (Å²) in [6.45, 7) is 2.77. The lowest BCUT2D eigenvalue weighted by atomic mass is 10.3. The highest BCUT2D eigenvalue weighted by Gasteiger charge is 1.95. The molecule has 0 aliphatic heterocycles. The van der Waals surface area contributed by atoms with E-state index in [4.69, 9.17) is 4.74 Å². The molecule has 0 spiro atoms. The highest BCUT2D eigenvalue weighted by atomic mass is 16.5. The van der Waals surface area contributed by atoms with Crippen LogP contribution in [-0.2, 0) is 9.53 Å². The largest absolute Gasteiger partial charge is 0.461 e. The zero-order chi connectivity index (χ0) is 10.9. The number of carbonyl (C=O) groups is 1. The van der Waals surface area contributed by atoms with Gasteiger partial charge in [-0.15, -0.1) is 0 Å². The van der Waals surface area contributed by atoms with Crippen LogP contribution in [0.25, 0.3) is 0 Å². The Kier molecular flexibility index (Phi) is 5.01. The number of anilines is 1. The van der Waals surface area contributed by atoms with Gasteiger partial charge >= 0.3 is 5.97 Å². The number of allylic oxidation sites excluding steroid dienone is 1. The quantitative estimate of drug-likeness (QED) is 0.455. The fourth-order valence-corrected chi connectivity index (χ4v) is 1.09. The van der Waals surface area contributed by atoms with Crippen LogP contribution < -0.4 is 5.32 Å². The predicted octanol–water partition coefficient (Wildman–Crippen LogP) is 2.22. The molecule has 1 aromatic carbocycles. The van der Waals surface area contributed by atoms with Gasteiger partial charge in [-0.25, -0.2) is 4.79 Å². The molecule has 0 saturated carbocycles. The Morgan fingerprint density at radius 3 is 2.80 bits per heavy atom. The molecule has 1 rings (SSSR count). The topological polar surface area (TPSA) is 38.3 Å². The Balaban J connectivity index is 2.15. The fourth-order valence-electron chi connectivity index (χ4n) is 1.09. The number of rotatable bonds is 5. The number of hydrogen-bond acceptors (Lipinski definition) is 3. The van der Waals surface area contributed by atoms with Crippen molar-refractivity contribution >= 4 is 11.7 Å². The van der Waals surface area contributed by atoms with Crippen LogP contribution in [0.1, 0.15) is 6.92 Å². The van der Waals surface area contributed by atoms with Gasteiger partial charge in [-0.05, 0) is 19.1 Å². The van der Waals surface area contributed by atoms with Crippen LogP contribution in [0.2, 0.25) is 0 Å². The third-order valence-electron chi connectivity index (χ3n) is 1.75. The molecule has 1 N–H and O–H groups in total. The minimum absolute atomic E-state index is 0.299. The maximum absolute atomic E-state index is 10.9. The average Bonchev–Trinajstić information content (AvgIpc) is 2.26. The molecule has 0 atom stereocenters. The van der Waals surface area contributed by atoms with Gasteiger partial charge in [0.1, 0.15) is 6.61 Å². The Morgan fingerprint density at radius 1 is 1.40 bits per heavy atom. The van der Waals surface area contributed by atoms with E-state index in [2.05, 4.69) is 5.32 Å². The van der Waals surface area contributed by atoms with E-state index in [1.807, 2.05) is 30.3 Å². The van der Waals surface area contributed by atoms with Crippen molar-refractivity contribution in [1.29, 1.82) is 0 Å². The summed E-state index contributed by atoms with van der Waals surface area (Å²) in [6.07, 6.45) is 3.06. The van der Waals surface area contributed by atoms with Gasteiger partial charge in [0.15, 0.2) is 0 Å². The highest BCUT2D eigenvalue weighted by Crippen LogP contribution is 2.03. The van der Waals surface area contributed by atoms with Crippen LogP contribution in [0, 0.1) is 0 Å². The molecule has 3 heteroatoms. The lowest BCUT2D eigenvalue weighted by molar-refractivity contribution is -0.137. The maximum Gasteiger partial charge on any atom is 0.330 e. The number of carbonyl (C=O) groups excluding carboxylic acids is 1. The van der Waals surface area contributed by atoms with Crippen LogP contribution in [0.15, 0.2) is 42.5 Å². The molecular formula is C12H15NO2. The van der Waals surface area contributed by atoms with Gasteiger partial charge in [0.25, 0.3) is 0 Å². The summed E-state index contributed by atoms with van der Waals surface area (Å²) in [5.74, 6) is -0.299. The van der Waals surface area contributed by atoms with E-state index < -0.39 is 0 Å². The van der Waals surface area contributed by atoms with E-state index >= 15 is 0 Å². The van der Waals surface area contributed by atoms with Crippen LogP contribution in [0.4, 0.5) is 5.69 Å². The predicted molar refractivity (Wildman–Crippen MR) is 60.7 cm³/mol. The van der Waals surface area contributed by atoms with Crippen LogP contribution >= 0.6 is 0 Å². The number of esters is 1. The molecule has 0 aliphatic rings. The van der Waals surface area contributed by atoms with E-state index in [-0.39, 0.29) is 5.97 Å². The molecule has 80 valence electrons. The highest BCUT2D eigenvalue weighted by molar-refractivity contribution is 5.81. The molecule has 0 saturated heterocycles. The van der Waals surface area contributed by atoms with E-state index in [1.54, 1.807) is 13.0 Å². The van der Waals surface area contributed by atoms with Crippen molar-refractivity contribution in [1.82, 2.24) is 0 Å². The average molecular weight is 205 g/mol. The standard InChI is InChI=1S/C12H15NO2/c1-2-6-12(14)15-10-9-13-11-7-4-3-5-8-11/h2-8,13H,9-10H2,1H3/b6-2+. The van der Waals surface area contributed by atoms with Gasteiger partial charge in [-0.3, -0.25) is 0 Å². The van der Waals surface area contributed by atoms with Gasteiger partial charge < -0.3 is 10.1 Å². The molecule has 15 heavy (non-hydrogen) atoms. The van der Waals surface area contributed by atoms with Crippen molar-refractivity contribution in [2.75, 3.05) is 18.5 Å². The minimum atomic E-state index is -0.299. The first-order chi connectivity index (χ1) is 7.33. The normalized spacial score (nSPS) is 10.2. The summed E-state index contributed by atoms with van der Waals surface area (Å²) in [5, 5.41) is 3.14. The Labute approximate surface area is 89.8 Å². The van der Waals surface area contributed by atoms with Gasteiger partial charge in [-0.1, -0.05) is 24.3 Å². The second-order valence-electron chi connectivity index (χ2n) is 2.96. The van der Waals surface area contributed by atoms with Crippen molar-refractivity contribution in [2.24, 2.45) is 0 Å². The maximum atomic E-state index is 10.9. The minimum Gasteiger partial charge on any atom is -0.461 e. The smallest absolute Gasteiger partial charge is 0.330 e. The van der Waals surface area contributed by atoms with Crippen LogP contribution in [0.5, 0.6) is 0 Å². The van der Waals surface area contributed by atoms with Crippen molar-refractivity contribution < 1.29 is 9.53 Å². The summed E-state index contributed by atoms with van der Waals surface area (Å²) < 4.78 is 4.92. The Morgan fingerprint density at radius 2 is 2.13 bits per heavy atom. The van der Waals surface area contributed by atoms with E-state index in [0.29, 0.717) is 13.2 Å². The number of ether oxygens (including phenoxy) is 1. The lowest BCUT2D eigenvalue weighted by Crippen LogP contribution is -2.12. The number of benzene rings is 1. The zero-order valence-electron chi connectivity index (χ0n) is 8.77. The molecule has 0 fully saturated rings. The molecule has 1 aromatic rings. The van der Waals surface area contributed by atoms with Crippen LogP contribution in [-0.4, -0.2) is 19.1 Å². The lowest BCUT2D eigenvalue weighted by Gasteiger charge is -2.05. The summed E-state index contributed by atoms with van der Waals surface area (Å²) >= 11 is 0. The van der Waals surface area contributed by atoms with Gasteiger partial charge in [0.2, 0.25) is 0 Å². The first-order valence-electron chi connectivity index (χ1n) is 4.91. The molecule has 0 aliphatic carbocycles. The van der Waals surface area contributed by atoms with Gasteiger partial charge in [0, 0.05) is 18.3 Å². The Bertz CT molecular complexity index is 320. The summed E-state index contributed by atoms with van der Waals surface area (Å²) in [7, 11) is 0. The molecule has 0 amide bonds. The summed E-state index contributed by atoms with van der Waals surface area (Å²) in [5.41, 5.74) is 1.03. The number of nitrogens with one attached hydrogen (secondary N) is 1. The van der Waals surface area contributed by atoms with E-state index in [0.717, 1.165) is 5.69 Å². The first kappa shape index (κ1) is 11.3. The fraction of sp³-hybridized carbons (Fsp3) is 0.250. The second-order valence-corrected chi connectivity index (χ2v) is 2.96. The first-order valence-corrected chi connectivity index (χ1v) is 4.91. The zero-order valence-corrected chi connectivity index (χ0v) is 8.77. The van der Waals surface area contributed by atoms with Crippen molar-refractivity contribution in [3.05, 3.63) is 42.5 Å². The van der Waals surface area contributed by atoms with Crippen molar-refractivity contribution in [3.63, 3.8) is 0 Å². The van der Waals surface area contributed by atoms with E-state index in [1.165, 1.54) is 6.08 Å². The van der Waals surface area contributed by atoms with Gasteiger partial charge in [0.05, 0.1) is 0 Å². The third kappa shape index (κ3) is 4.86. The molecular weight excluding hydrogens is 190 g/mol. The number of para-hydroxylation sites is 1. The van der Waals surface area contributed by atoms with E-state index in [9.17, 15) is 4.79 Å². The summed E-state index contributed by atoms with van der Waals surface area (Å²) in [6, 6.07) is 9.79. The molecule has 0 bridgehead atoms. The van der Waals surface area contributed by atoms with Crippen LogP contribution in [0.3, 0.4) is 0 Å². The molecule has 0 aromatic heterocycles. The SMILES string of the molecule is C/C=C/C(=O)OCCNc1ccccc1. The van der Waals surface area contributed by atoms with Crippen molar-refractivity contribution in [2.45, 2.75) is 6.92 Å². The summed E-state index contributed by atoms with van der Waals surface area (Å²) in [4.78, 5) is 10.9.